The van der Waals surface area contributed by atoms with Crippen molar-refractivity contribution in [3.63, 3.8) is 0 Å². The smallest absolute Gasteiger partial charge is 0.374 e. The first-order valence-corrected chi connectivity index (χ1v) is 10.8. The molecule has 0 aromatic carbocycles. The van der Waals surface area contributed by atoms with Gasteiger partial charge in [-0.2, -0.15) is 13.2 Å². The van der Waals surface area contributed by atoms with Crippen LogP contribution in [-0.2, 0) is 15.7 Å². The van der Waals surface area contributed by atoms with E-state index in [9.17, 15) is 18.0 Å². The molecule has 0 spiro atoms. The van der Waals surface area contributed by atoms with Crippen molar-refractivity contribution in [3.8, 4) is 0 Å². The van der Waals surface area contributed by atoms with E-state index in [-0.39, 0.29) is 33.6 Å². The Balaban J connectivity index is 1.55. The summed E-state index contributed by atoms with van der Waals surface area (Å²) in [6, 6.07) is 0.805. The quantitative estimate of drug-likeness (QED) is 0.634. The molecule has 1 fully saturated rings. The van der Waals surface area contributed by atoms with Gasteiger partial charge >= 0.3 is 6.18 Å². The number of nitrogens with zero attached hydrogens (tertiary/aromatic N) is 4. The van der Waals surface area contributed by atoms with Gasteiger partial charge in [-0.1, -0.05) is 37.2 Å². The maximum atomic E-state index is 13.0. The van der Waals surface area contributed by atoms with Crippen LogP contribution >= 0.6 is 23.4 Å². The van der Waals surface area contributed by atoms with Gasteiger partial charge in [0.1, 0.15) is 0 Å². The van der Waals surface area contributed by atoms with Crippen LogP contribution in [0.25, 0.3) is 5.65 Å². The largest absolute Gasteiger partial charge is 0.417 e. The molecule has 1 atom stereocenters. The summed E-state index contributed by atoms with van der Waals surface area (Å²) in [6.07, 6.45) is -3.76. The minimum absolute atomic E-state index is 0.0168. The summed E-state index contributed by atoms with van der Waals surface area (Å²) in [4.78, 5) is 14.5. The van der Waals surface area contributed by atoms with Crippen LogP contribution in [0, 0.1) is 5.92 Å². The lowest BCUT2D eigenvalue weighted by molar-refractivity contribution is -0.137. The number of morpholine rings is 1. The van der Waals surface area contributed by atoms with Crippen molar-refractivity contribution >= 4 is 34.9 Å². The van der Waals surface area contributed by atoms with Gasteiger partial charge in [0.25, 0.3) is 0 Å². The average molecular weight is 466 g/mol. The van der Waals surface area contributed by atoms with Crippen LogP contribution in [0.3, 0.4) is 0 Å². The van der Waals surface area contributed by atoms with E-state index >= 15 is 0 Å². The molecule has 1 N–H and O–H groups in total. The van der Waals surface area contributed by atoms with E-state index in [0.717, 1.165) is 48.1 Å². The molecule has 3 rings (SSSR count). The number of carbonyl (C=O) groups excluding carboxylic acids is 1. The number of thioether (sulfide) groups is 1. The number of pyridine rings is 1. The molecule has 2 aromatic heterocycles. The fraction of sp³-hybridized carbons (Fsp3) is 0.611. The molecule has 12 heteroatoms. The lowest BCUT2D eigenvalue weighted by atomic mass is 10.2. The van der Waals surface area contributed by atoms with Gasteiger partial charge in [0.2, 0.25) is 5.91 Å². The van der Waals surface area contributed by atoms with E-state index in [1.807, 2.05) is 0 Å². The Labute approximate surface area is 181 Å². The van der Waals surface area contributed by atoms with Gasteiger partial charge < -0.3 is 10.1 Å². The molecule has 1 unspecified atom stereocenters. The normalized spacial score (nSPS) is 18.3. The fourth-order valence-corrected chi connectivity index (χ4v) is 4.17. The first-order chi connectivity index (χ1) is 14.1. The van der Waals surface area contributed by atoms with Gasteiger partial charge in [0, 0.05) is 32.4 Å². The summed E-state index contributed by atoms with van der Waals surface area (Å²) < 4.78 is 45.9. The van der Waals surface area contributed by atoms with E-state index in [1.165, 1.54) is 0 Å². The van der Waals surface area contributed by atoms with Gasteiger partial charge in [-0.15, -0.1) is 10.2 Å². The summed E-state index contributed by atoms with van der Waals surface area (Å²) >= 11 is 6.88. The Bertz CT molecular complexity index is 893. The molecular weight excluding hydrogens is 443 g/mol. The van der Waals surface area contributed by atoms with Crippen molar-refractivity contribution in [2.45, 2.75) is 31.3 Å². The van der Waals surface area contributed by atoms with Crippen molar-refractivity contribution in [2.75, 3.05) is 38.5 Å². The van der Waals surface area contributed by atoms with Crippen LogP contribution < -0.4 is 5.32 Å². The predicted octanol–water partition coefficient (Wildman–Crippen LogP) is 2.97. The number of amides is 1. The highest BCUT2D eigenvalue weighted by atomic mass is 35.5. The number of ether oxygens (including phenoxy) is 1. The highest BCUT2D eigenvalue weighted by Gasteiger charge is 2.32. The zero-order valence-corrected chi connectivity index (χ0v) is 18.1. The second kappa shape index (κ2) is 9.71. The van der Waals surface area contributed by atoms with Crippen molar-refractivity contribution in [3.05, 3.63) is 22.8 Å². The van der Waals surface area contributed by atoms with E-state index in [4.69, 9.17) is 16.3 Å². The number of rotatable bonds is 7. The average Bonchev–Trinajstić information content (AvgIpc) is 3.07. The molecule has 0 aliphatic carbocycles. The molecule has 0 saturated carbocycles. The van der Waals surface area contributed by atoms with Crippen molar-refractivity contribution in [1.82, 2.24) is 24.8 Å². The monoisotopic (exact) mass is 465 g/mol. The Morgan fingerprint density at radius 2 is 2.20 bits per heavy atom. The van der Waals surface area contributed by atoms with Crippen molar-refractivity contribution in [2.24, 2.45) is 5.92 Å². The number of carbonyl (C=O) groups is 1. The molecule has 166 valence electrons. The van der Waals surface area contributed by atoms with Crippen LogP contribution in [0.1, 0.15) is 19.4 Å². The predicted molar refractivity (Wildman–Crippen MR) is 108 cm³/mol. The number of fused-ring (bicyclic) bond motifs is 1. The number of aromatic nitrogens is 3. The highest BCUT2D eigenvalue weighted by Crippen LogP contribution is 2.33. The lowest BCUT2D eigenvalue weighted by Crippen LogP contribution is -2.48. The summed E-state index contributed by atoms with van der Waals surface area (Å²) in [5.74, 6) is 0.273. The van der Waals surface area contributed by atoms with Crippen molar-refractivity contribution in [1.29, 1.82) is 0 Å². The van der Waals surface area contributed by atoms with Crippen LogP contribution in [0.15, 0.2) is 17.4 Å². The lowest BCUT2D eigenvalue weighted by Gasteiger charge is -2.33. The van der Waals surface area contributed by atoms with Gasteiger partial charge in [0.15, 0.2) is 10.8 Å². The third-order valence-electron chi connectivity index (χ3n) is 4.46. The van der Waals surface area contributed by atoms with Crippen LogP contribution in [0.2, 0.25) is 5.02 Å². The summed E-state index contributed by atoms with van der Waals surface area (Å²) in [7, 11) is 0. The molecular formula is C18H23ClF3N5O2S. The van der Waals surface area contributed by atoms with Crippen LogP contribution in [-0.4, -0.2) is 70.0 Å². The fourth-order valence-electron chi connectivity index (χ4n) is 3.18. The molecule has 1 amide bonds. The van der Waals surface area contributed by atoms with Crippen LogP contribution in [0.4, 0.5) is 13.2 Å². The highest BCUT2D eigenvalue weighted by molar-refractivity contribution is 7.99. The number of alkyl halides is 3. The van der Waals surface area contributed by atoms with E-state index in [1.54, 1.807) is 0 Å². The number of hydrogen-bond acceptors (Lipinski definition) is 6. The molecule has 1 aliphatic rings. The second-order valence-electron chi connectivity index (χ2n) is 7.49. The maximum Gasteiger partial charge on any atom is 0.417 e. The summed E-state index contributed by atoms with van der Waals surface area (Å²) in [6.45, 7) is 7.91. The number of nitrogens with one attached hydrogen (secondary N) is 1. The van der Waals surface area contributed by atoms with Crippen LogP contribution in [0.5, 0.6) is 0 Å². The minimum atomic E-state index is -4.55. The molecule has 3 heterocycles. The Morgan fingerprint density at radius 1 is 1.43 bits per heavy atom. The van der Waals surface area contributed by atoms with E-state index < -0.39 is 11.7 Å². The van der Waals surface area contributed by atoms with Gasteiger partial charge in [-0.25, -0.2) is 0 Å². The Morgan fingerprint density at radius 3 is 2.90 bits per heavy atom. The molecule has 0 bridgehead atoms. The number of hydrogen-bond donors (Lipinski definition) is 1. The van der Waals surface area contributed by atoms with E-state index in [0.29, 0.717) is 19.1 Å². The standard InChI is InChI=1S/C18H23ClF3N5O2S/c1-11(2)7-26-3-4-29-13(9-26)6-23-15(28)10-30-17-25-24-16-14(19)5-12(8-27(16)17)18(20,21)22/h5,8,11,13H,3-4,6-7,9-10H2,1-2H3,(H,23,28). The van der Waals surface area contributed by atoms with Crippen molar-refractivity contribution < 1.29 is 22.7 Å². The second-order valence-corrected chi connectivity index (χ2v) is 8.84. The number of halogens is 4. The zero-order chi connectivity index (χ0) is 21.9. The molecule has 1 saturated heterocycles. The zero-order valence-electron chi connectivity index (χ0n) is 16.6. The summed E-state index contributed by atoms with van der Waals surface area (Å²) in [5.41, 5.74) is -0.806. The molecule has 0 radical (unpaired) electrons. The third-order valence-corrected chi connectivity index (χ3v) is 5.68. The molecule has 2 aromatic rings. The molecule has 30 heavy (non-hydrogen) atoms. The third kappa shape index (κ3) is 5.99. The Kier molecular flexibility index (Phi) is 7.48. The minimum Gasteiger partial charge on any atom is -0.374 e. The van der Waals surface area contributed by atoms with Gasteiger partial charge in [-0.3, -0.25) is 14.1 Å². The first-order valence-electron chi connectivity index (χ1n) is 9.48. The Hall–Kier alpha value is -1.56. The van der Waals surface area contributed by atoms with Gasteiger partial charge in [-0.05, 0) is 12.0 Å². The maximum absolute atomic E-state index is 13.0. The SMILES string of the molecule is CC(C)CN1CCOC(CNC(=O)CSc2nnc3c(Cl)cc(C(F)(F)F)cn23)C1. The van der Waals surface area contributed by atoms with E-state index in [2.05, 4.69) is 34.3 Å². The molecule has 7 nitrogen and oxygen atoms in total. The first kappa shape index (κ1) is 23.1. The van der Waals surface area contributed by atoms with Gasteiger partial charge in [0.05, 0.1) is 29.0 Å². The molecule has 1 aliphatic heterocycles. The summed E-state index contributed by atoms with van der Waals surface area (Å²) in [5, 5.41) is 10.5. The topological polar surface area (TPSA) is 71.8 Å².